The Morgan fingerprint density at radius 2 is 2.20 bits per heavy atom. The van der Waals surface area contributed by atoms with Gasteiger partial charge in [0, 0.05) is 6.54 Å². The van der Waals surface area contributed by atoms with Crippen LogP contribution in [0.25, 0.3) is 0 Å². The zero-order valence-corrected chi connectivity index (χ0v) is 10.3. The zero-order chi connectivity index (χ0) is 14.9. The first-order valence-corrected chi connectivity index (χ1v) is 5.89. The topological polar surface area (TPSA) is 83.0 Å². The Morgan fingerprint density at radius 3 is 2.75 bits per heavy atom. The molecule has 1 unspecified atom stereocenters. The maximum atomic E-state index is 12.7. The molecule has 1 atom stereocenters. The lowest BCUT2D eigenvalue weighted by atomic mass is 10.2. The largest absolute Gasteiger partial charge is 0.433 e. The van der Waals surface area contributed by atoms with E-state index >= 15 is 0 Å². The number of nitrogens with two attached hydrogens (primary N) is 1. The van der Waals surface area contributed by atoms with E-state index in [1.807, 2.05) is 0 Å². The van der Waals surface area contributed by atoms with E-state index < -0.39 is 23.8 Å². The Kier molecular flexibility index (Phi) is 3.53. The Bertz CT molecular complexity index is 579. The average Bonchev–Trinajstić information content (AvgIpc) is 2.86. The summed E-state index contributed by atoms with van der Waals surface area (Å²) >= 11 is 0. The monoisotopic (exact) mass is 284 g/mol. The summed E-state index contributed by atoms with van der Waals surface area (Å²) in [5.74, 6) is -0.769. The van der Waals surface area contributed by atoms with E-state index in [9.17, 15) is 18.0 Å². The van der Waals surface area contributed by atoms with Crippen LogP contribution >= 0.6 is 0 Å². The Balaban J connectivity index is 2.49. The molecule has 1 amide bonds. The maximum absolute atomic E-state index is 12.7. The molecular weight excluding hydrogens is 273 g/mol. The van der Waals surface area contributed by atoms with Gasteiger partial charge in [-0.1, -0.05) is 0 Å². The van der Waals surface area contributed by atoms with Crippen LogP contribution in [0.4, 0.5) is 19.0 Å². The number of nitriles is 1. The van der Waals surface area contributed by atoms with E-state index in [2.05, 4.69) is 4.98 Å². The third kappa shape index (κ3) is 2.52. The molecule has 1 aliphatic rings. The molecule has 0 spiro atoms. The predicted octanol–water partition coefficient (Wildman–Crippen LogP) is 1.43. The van der Waals surface area contributed by atoms with Crippen molar-refractivity contribution in [1.82, 2.24) is 4.98 Å². The van der Waals surface area contributed by atoms with Crippen molar-refractivity contribution in [3.63, 3.8) is 0 Å². The van der Waals surface area contributed by atoms with Gasteiger partial charge in [0.25, 0.3) is 0 Å². The number of pyridine rings is 1. The molecule has 1 saturated heterocycles. The highest BCUT2D eigenvalue weighted by Gasteiger charge is 2.36. The fourth-order valence-corrected chi connectivity index (χ4v) is 2.23. The van der Waals surface area contributed by atoms with Crippen LogP contribution in [0.2, 0.25) is 0 Å². The van der Waals surface area contributed by atoms with Gasteiger partial charge >= 0.3 is 6.18 Å². The molecule has 0 aromatic carbocycles. The Labute approximate surface area is 112 Å². The SMILES string of the molecule is N#Cc1ccc(C(F)(F)F)nc1N1CCCC1C(N)=O. The highest BCUT2D eigenvalue weighted by Crippen LogP contribution is 2.32. The van der Waals surface area contributed by atoms with Crippen molar-refractivity contribution in [3.8, 4) is 6.07 Å². The van der Waals surface area contributed by atoms with Crippen molar-refractivity contribution < 1.29 is 18.0 Å². The number of amides is 1. The van der Waals surface area contributed by atoms with Gasteiger partial charge in [0.05, 0.1) is 5.56 Å². The third-order valence-electron chi connectivity index (χ3n) is 3.14. The van der Waals surface area contributed by atoms with Crippen LogP contribution in [0.5, 0.6) is 0 Å². The second kappa shape index (κ2) is 5.00. The number of alkyl halides is 3. The van der Waals surface area contributed by atoms with Crippen LogP contribution in [0.15, 0.2) is 12.1 Å². The molecule has 2 heterocycles. The summed E-state index contributed by atoms with van der Waals surface area (Å²) in [6.45, 7) is 0.344. The van der Waals surface area contributed by atoms with Crippen molar-refractivity contribution >= 4 is 11.7 Å². The van der Waals surface area contributed by atoms with Crippen molar-refractivity contribution in [3.05, 3.63) is 23.4 Å². The number of rotatable bonds is 2. The van der Waals surface area contributed by atoms with Crippen molar-refractivity contribution in [2.75, 3.05) is 11.4 Å². The number of anilines is 1. The van der Waals surface area contributed by atoms with Crippen molar-refractivity contribution in [1.29, 1.82) is 5.26 Å². The number of hydrogen-bond donors (Lipinski definition) is 1. The van der Waals surface area contributed by atoms with Crippen molar-refractivity contribution in [2.45, 2.75) is 25.1 Å². The molecule has 2 N–H and O–H groups in total. The molecule has 20 heavy (non-hydrogen) atoms. The molecule has 2 rings (SSSR count). The summed E-state index contributed by atoms with van der Waals surface area (Å²) in [5, 5.41) is 8.98. The summed E-state index contributed by atoms with van der Waals surface area (Å²) in [4.78, 5) is 16.2. The van der Waals surface area contributed by atoms with Gasteiger partial charge in [0.1, 0.15) is 23.6 Å². The highest BCUT2D eigenvalue weighted by molar-refractivity contribution is 5.84. The first kappa shape index (κ1) is 14.1. The van der Waals surface area contributed by atoms with E-state index in [4.69, 9.17) is 11.0 Å². The first-order valence-electron chi connectivity index (χ1n) is 5.89. The quantitative estimate of drug-likeness (QED) is 0.890. The van der Waals surface area contributed by atoms with Crippen molar-refractivity contribution in [2.24, 2.45) is 5.73 Å². The van der Waals surface area contributed by atoms with E-state index in [1.54, 1.807) is 6.07 Å². The van der Waals surface area contributed by atoms with Gasteiger partial charge in [0.2, 0.25) is 5.91 Å². The number of primary amides is 1. The van der Waals surface area contributed by atoms with E-state index in [0.717, 1.165) is 12.1 Å². The lowest BCUT2D eigenvalue weighted by molar-refractivity contribution is -0.141. The molecule has 1 aromatic rings. The van der Waals surface area contributed by atoms with Gasteiger partial charge in [-0.3, -0.25) is 4.79 Å². The minimum Gasteiger partial charge on any atom is -0.368 e. The zero-order valence-electron chi connectivity index (χ0n) is 10.3. The van der Waals surface area contributed by atoms with Gasteiger partial charge in [0.15, 0.2) is 0 Å². The van der Waals surface area contributed by atoms with Crippen LogP contribution in [0.3, 0.4) is 0 Å². The molecule has 5 nitrogen and oxygen atoms in total. The Morgan fingerprint density at radius 1 is 1.50 bits per heavy atom. The minimum absolute atomic E-state index is 0.00819. The van der Waals surface area contributed by atoms with E-state index in [1.165, 1.54) is 4.90 Å². The first-order chi connectivity index (χ1) is 9.34. The lowest BCUT2D eigenvalue weighted by Gasteiger charge is -2.24. The summed E-state index contributed by atoms with van der Waals surface area (Å²) in [7, 11) is 0. The fourth-order valence-electron chi connectivity index (χ4n) is 2.23. The molecule has 0 radical (unpaired) electrons. The molecule has 0 bridgehead atoms. The lowest BCUT2D eigenvalue weighted by Crippen LogP contribution is -2.41. The standard InChI is InChI=1S/C12H11F3N4O/c13-12(14,15)9-4-3-7(6-16)11(18-9)19-5-1-2-8(19)10(17)20/h3-4,8H,1-2,5H2,(H2,17,20). The Hall–Kier alpha value is -2.30. The number of carbonyl (C=O) groups is 1. The molecule has 106 valence electrons. The van der Waals surface area contributed by atoms with Crippen LogP contribution in [0.1, 0.15) is 24.1 Å². The summed E-state index contributed by atoms with van der Waals surface area (Å²) in [6, 6.07) is 2.87. The van der Waals surface area contributed by atoms with Gasteiger partial charge < -0.3 is 10.6 Å². The minimum atomic E-state index is -4.61. The summed E-state index contributed by atoms with van der Waals surface area (Å²) in [6.07, 6.45) is -3.56. The molecule has 0 saturated carbocycles. The molecule has 8 heteroatoms. The van der Waals surface area contributed by atoms with E-state index in [-0.39, 0.29) is 11.4 Å². The van der Waals surface area contributed by atoms with Gasteiger partial charge in [-0.15, -0.1) is 0 Å². The van der Waals surface area contributed by atoms with Gasteiger partial charge in [-0.05, 0) is 25.0 Å². The smallest absolute Gasteiger partial charge is 0.368 e. The normalized spacial score (nSPS) is 18.9. The molecule has 1 aromatic heterocycles. The highest BCUT2D eigenvalue weighted by atomic mass is 19.4. The number of aromatic nitrogens is 1. The number of carbonyl (C=O) groups excluding carboxylic acids is 1. The van der Waals surface area contributed by atoms with Crippen LogP contribution in [-0.4, -0.2) is 23.5 Å². The van der Waals surface area contributed by atoms with Gasteiger partial charge in [-0.25, -0.2) is 4.98 Å². The molecule has 0 aliphatic carbocycles. The summed E-state index contributed by atoms with van der Waals surface area (Å²) in [5.41, 5.74) is 4.12. The van der Waals surface area contributed by atoms with E-state index in [0.29, 0.717) is 19.4 Å². The van der Waals surface area contributed by atoms with Crippen LogP contribution < -0.4 is 10.6 Å². The maximum Gasteiger partial charge on any atom is 0.433 e. The van der Waals surface area contributed by atoms with Gasteiger partial charge in [-0.2, -0.15) is 18.4 Å². The second-order valence-electron chi connectivity index (χ2n) is 4.43. The second-order valence-corrected chi connectivity index (χ2v) is 4.43. The average molecular weight is 284 g/mol. The predicted molar refractivity (Wildman–Crippen MR) is 63.5 cm³/mol. The summed E-state index contributed by atoms with van der Waals surface area (Å²) < 4.78 is 38.1. The fraction of sp³-hybridized carbons (Fsp3) is 0.417. The number of nitrogens with zero attached hydrogens (tertiary/aromatic N) is 3. The number of halogens is 3. The third-order valence-corrected chi connectivity index (χ3v) is 3.14. The molecular formula is C12H11F3N4O. The molecule has 1 fully saturated rings. The van der Waals surface area contributed by atoms with Crippen LogP contribution in [-0.2, 0) is 11.0 Å². The molecule has 1 aliphatic heterocycles. The number of hydrogen-bond acceptors (Lipinski definition) is 4. The van der Waals surface area contributed by atoms with Crippen LogP contribution in [0, 0.1) is 11.3 Å².